The number of aromatic nitrogens is 3. The number of fused-ring (bicyclic) bond motifs is 1. The number of amides is 1. The van der Waals surface area contributed by atoms with E-state index in [1.807, 2.05) is 0 Å². The minimum Gasteiger partial charge on any atom is -0.360 e. The number of carbonyl (C=O) groups is 1. The van der Waals surface area contributed by atoms with Crippen molar-refractivity contribution in [2.45, 2.75) is 13.5 Å². The number of halogens is 1. The summed E-state index contributed by atoms with van der Waals surface area (Å²) in [6, 6.07) is 5.03. The van der Waals surface area contributed by atoms with Crippen molar-refractivity contribution in [1.82, 2.24) is 14.7 Å². The van der Waals surface area contributed by atoms with Gasteiger partial charge in [-0.15, -0.1) is 0 Å². The largest absolute Gasteiger partial charge is 0.360 e. The molecular weight excluding hydrogens is 307 g/mol. The van der Waals surface area contributed by atoms with Crippen molar-refractivity contribution in [3.05, 3.63) is 56.6 Å². The summed E-state index contributed by atoms with van der Waals surface area (Å²) in [7, 11) is 0. The normalized spacial score (nSPS) is 10.9. The van der Waals surface area contributed by atoms with Crippen LogP contribution in [0.5, 0.6) is 0 Å². The molecule has 0 bridgehead atoms. The average molecular weight is 318 g/mol. The summed E-state index contributed by atoms with van der Waals surface area (Å²) in [5.74, 6) is -0.437. The van der Waals surface area contributed by atoms with Gasteiger partial charge in [0.25, 0.3) is 0 Å². The van der Waals surface area contributed by atoms with E-state index in [-0.39, 0.29) is 16.9 Å². The molecule has 3 rings (SSSR count). The number of aromatic amines is 1. The average Bonchev–Trinajstić information content (AvgIpc) is 2.88. The SMILES string of the molecule is Cc1cc(NC(=O)Cn2c(=O)c(=O)[nH]c3cc(F)ccc32)no1. The molecule has 2 aromatic heterocycles. The molecule has 0 aliphatic rings. The first-order valence-electron chi connectivity index (χ1n) is 6.59. The minimum atomic E-state index is -0.937. The highest BCUT2D eigenvalue weighted by atomic mass is 19.1. The van der Waals surface area contributed by atoms with Gasteiger partial charge < -0.3 is 14.8 Å². The van der Waals surface area contributed by atoms with E-state index in [4.69, 9.17) is 4.52 Å². The Bertz CT molecular complexity index is 1020. The lowest BCUT2D eigenvalue weighted by Gasteiger charge is -2.09. The van der Waals surface area contributed by atoms with Gasteiger partial charge in [-0.05, 0) is 25.1 Å². The number of anilines is 1. The third kappa shape index (κ3) is 2.89. The zero-order valence-electron chi connectivity index (χ0n) is 11.9. The predicted octanol–water partition coefficient (Wildman–Crippen LogP) is 0.764. The molecule has 0 unspecified atom stereocenters. The smallest absolute Gasteiger partial charge is 0.317 e. The van der Waals surface area contributed by atoms with Gasteiger partial charge >= 0.3 is 11.1 Å². The molecule has 23 heavy (non-hydrogen) atoms. The number of nitrogens with one attached hydrogen (secondary N) is 2. The Kier molecular flexibility index (Phi) is 3.53. The van der Waals surface area contributed by atoms with E-state index in [1.165, 1.54) is 12.1 Å². The van der Waals surface area contributed by atoms with Crippen molar-refractivity contribution in [3.63, 3.8) is 0 Å². The van der Waals surface area contributed by atoms with E-state index < -0.39 is 29.4 Å². The number of nitrogens with zero attached hydrogens (tertiary/aromatic N) is 2. The van der Waals surface area contributed by atoms with E-state index in [2.05, 4.69) is 15.5 Å². The van der Waals surface area contributed by atoms with E-state index >= 15 is 0 Å². The fourth-order valence-corrected chi connectivity index (χ4v) is 2.16. The Labute approximate surface area is 127 Å². The fourth-order valence-electron chi connectivity index (χ4n) is 2.16. The molecule has 0 radical (unpaired) electrons. The third-order valence-electron chi connectivity index (χ3n) is 3.13. The maximum Gasteiger partial charge on any atom is 0.317 e. The van der Waals surface area contributed by atoms with Crippen LogP contribution in [0.4, 0.5) is 10.2 Å². The van der Waals surface area contributed by atoms with Crippen LogP contribution < -0.4 is 16.4 Å². The quantitative estimate of drug-likeness (QED) is 0.693. The van der Waals surface area contributed by atoms with Gasteiger partial charge in [0.15, 0.2) is 5.82 Å². The van der Waals surface area contributed by atoms with Crippen LogP contribution in [0.1, 0.15) is 5.76 Å². The van der Waals surface area contributed by atoms with Crippen molar-refractivity contribution >= 4 is 22.8 Å². The Morgan fingerprint density at radius 3 is 2.87 bits per heavy atom. The van der Waals surface area contributed by atoms with Crippen LogP contribution in [0.25, 0.3) is 11.0 Å². The topological polar surface area (TPSA) is 110 Å². The molecule has 9 heteroatoms. The molecule has 0 atom stereocenters. The van der Waals surface area contributed by atoms with Crippen LogP contribution in [0, 0.1) is 12.7 Å². The van der Waals surface area contributed by atoms with Crippen LogP contribution in [-0.4, -0.2) is 20.6 Å². The van der Waals surface area contributed by atoms with Crippen molar-refractivity contribution in [3.8, 4) is 0 Å². The molecule has 0 aliphatic heterocycles. The monoisotopic (exact) mass is 318 g/mol. The van der Waals surface area contributed by atoms with Crippen molar-refractivity contribution < 1.29 is 13.7 Å². The molecule has 1 amide bonds. The van der Waals surface area contributed by atoms with Crippen LogP contribution >= 0.6 is 0 Å². The minimum absolute atomic E-state index is 0.125. The zero-order valence-corrected chi connectivity index (χ0v) is 11.9. The van der Waals surface area contributed by atoms with Gasteiger partial charge in [-0.3, -0.25) is 19.0 Å². The first-order valence-corrected chi connectivity index (χ1v) is 6.59. The molecule has 0 aliphatic carbocycles. The van der Waals surface area contributed by atoms with Gasteiger partial charge in [0.1, 0.15) is 18.1 Å². The first-order chi connectivity index (χ1) is 10.9. The summed E-state index contributed by atoms with van der Waals surface area (Å²) < 4.78 is 19.0. The molecular formula is C14H11FN4O4. The lowest BCUT2D eigenvalue weighted by molar-refractivity contribution is -0.116. The highest BCUT2D eigenvalue weighted by Crippen LogP contribution is 2.11. The van der Waals surface area contributed by atoms with E-state index in [0.717, 1.165) is 16.7 Å². The van der Waals surface area contributed by atoms with Crippen molar-refractivity contribution in [2.75, 3.05) is 5.32 Å². The Hall–Kier alpha value is -3.23. The van der Waals surface area contributed by atoms with E-state index in [0.29, 0.717) is 5.76 Å². The molecule has 0 saturated carbocycles. The number of aryl methyl sites for hydroxylation is 1. The highest BCUT2D eigenvalue weighted by molar-refractivity contribution is 5.90. The van der Waals surface area contributed by atoms with Crippen LogP contribution in [-0.2, 0) is 11.3 Å². The first kappa shape index (κ1) is 14.7. The Morgan fingerprint density at radius 2 is 2.17 bits per heavy atom. The number of hydrogen-bond acceptors (Lipinski definition) is 5. The standard InChI is InChI=1S/C14H11FN4O4/c1-7-4-11(18-23-7)17-12(20)6-19-10-3-2-8(15)5-9(10)16-13(21)14(19)22/h2-5H,6H2,1H3,(H,16,21)(H,17,18,20). The van der Waals surface area contributed by atoms with Crippen LogP contribution in [0.15, 0.2) is 38.4 Å². The number of benzene rings is 1. The molecule has 3 aromatic rings. The number of hydrogen-bond donors (Lipinski definition) is 2. The molecule has 118 valence electrons. The summed E-state index contributed by atoms with van der Waals surface area (Å²) >= 11 is 0. The number of rotatable bonds is 3. The molecule has 2 heterocycles. The maximum atomic E-state index is 13.2. The van der Waals surface area contributed by atoms with Crippen molar-refractivity contribution in [1.29, 1.82) is 0 Å². The number of carbonyl (C=O) groups excluding carboxylic acids is 1. The predicted molar refractivity (Wildman–Crippen MR) is 78.7 cm³/mol. The van der Waals surface area contributed by atoms with Crippen LogP contribution in [0.2, 0.25) is 0 Å². The second kappa shape index (κ2) is 5.52. The number of H-pyrrole nitrogens is 1. The lowest BCUT2D eigenvalue weighted by Crippen LogP contribution is -2.38. The van der Waals surface area contributed by atoms with Gasteiger partial charge in [0, 0.05) is 6.07 Å². The van der Waals surface area contributed by atoms with Gasteiger partial charge in [-0.2, -0.15) is 0 Å². The van der Waals surface area contributed by atoms with Gasteiger partial charge in [0.05, 0.1) is 11.0 Å². The summed E-state index contributed by atoms with van der Waals surface area (Å²) in [6.45, 7) is 1.24. The molecule has 1 aromatic carbocycles. The summed E-state index contributed by atoms with van der Waals surface area (Å²) in [6.07, 6.45) is 0. The second-order valence-corrected chi connectivity index (χ2v) is 4.88. The Balaban J connectivity index is 1.98. The third-order valence-corrected chi connectivity index (χ3v) is 3.13. The zero-order chi connectivity index (χ0) is 16.6. The molecule has 2 N–H and O–H groups in total. The summed E-state index contributed by atoms with van der Waals surface area (Å²) in [4.78, 5) is 37.9. The van der Waals surface area contributed by atoms with Crippen LogP contribution in [0.3, 0.4) is 0 Å². The summed E-state index contributed by atoms with van der Waals surface area (Å²) in [5.41, 5.74) is -1.48. The second-order valence-electron chi connectivity index (χ2n) is 4.88. The lowest BCUT2D eigenvalue weighted by atomic mass is 10.3. The summed E-state index contributed by atoms with van der Waals surface area (Å²) in [5, 5.41) is 6.04. The van der Waals surface area contributed by atoms with E-state index in [9.17, 15) is 18.8 Å². The Morgan fingerprint density at radius 1 is 1.39 bits per heavy atom. The van der Waals surface area contributed by atoms with Gasteiger partial charge in [0.2, 0.25) is 5.91 Å². The highest BCUT2D eigenvalue weighted by Gasteiger charge is 2.13. The maximum absolute atomic E-state index is 13.2. The van der Waals surface area contributed by atoms with E-state index in [1.54, 1.807) is 6.92 Å². The van der Waals surface area contributed by atoms with Gasteiger partial charge in [-0.25, -0.2) is 4.39 Å². The molecule has 0 spiro atoms. The molecule has 0 saturated heterocycles. The fraction of sp³-hybridized carbons (Fsp3) is 0.143. The molecule has 8 nitrogen and oxygen atoms in total. The molecule has 0 fully saturated rings. The van der Waals surface area contributed by atoms with Crippen molar-refractivity contribution in [2.24, 2.45) is 0 Å². The van der Waals surface area contributed by atoms with Gasteiger partial charge in [-0.1, -0.05) is 5.16 Å².